The molecule has 0 bridgehead atoms. The molecule has 1 aromatic heterocycles. The predicted octanol–water partition coefficient (Wildman–Crippen LogP) is 4.92. The third-order valence-corrected chi connectivity index (χ3v) is 4.70. The van der Waals surface area contributed by atoms with E-state index in [1.165, 1.54) is 0 Å². The van der Waals surface area contributed by atoms with Crippen molar-refractivity contribution in [2.75, 3.05) is 27.8 Å². The van der Waals surface area contributed by atoms with Crippen LogP contribution in [0.15, 0.2) is 33.7 Å². The van der Waals surface area contributed by atoms with Crippen LogP contribution < -0.4 is 14.2 Å². The fraction of sp³-hybridized carbons (Fsp3) is 0.400. The van der Waals surface area contributed by atoms with Crippen molar-refractivity contribution in [3.8, 4) is 17.4 Å². The highest BCUT2D eigenvalue weighted by molar-refractivity contribution is 9.10. The molecule has 0 saturated carbocycles. The number of rotatable bonds is 8. The standard InChI is InChI=1S/C20H26BrN3O3/c1-7-24(4)12-22-19-11-18(21)20(23-13(19)2)27-14(3)15-8-16(25-5)10-17(9-15)26-6/h8-12,14H,7H2,1-6H3/b22-12+. The molecule has 0 fully saturated rings. The molecule has 7 heteroatoms. The van der Waals surface area contributed by atoms with E-state index in [-0.39, 0.29) is 6.10 Å². The number of aryl methyl sites for hydroxylation is 1. The smallest absolute Gasteiger partial charge is 0.228 e. The summed E-state index contributed by atoms with van der Waals surface area (Å²) in [5.41, 5.74) is 2.53. The average molecular weight is 436 g/mol. The molecule has 0 saturated heterocycles. The van der Waals surface area contributed by atoms with Crippen molar-refractivity contribution in [1.82, 2.24) is 9.88 Å². The number of hydrogen-bond donors (Lipinski definition) is 0. The fourth-order valence-corrected chi connectivity index (χ4v) is 2.70. The summed E-state index contributed by atoms with van der Waals surface area (Å²) in [6.07, 6.45) is 1.56. The van der Waals surface area contributed by atoms with Crippen LogP contribution in [0.5, 0.6) is 17.4 Å². The van der Waals surface area contributed by atoms with Crippen molar-refractivity contribution < 1.29 is 14.2 Å². The molecule has 6 nitrogen and oxygen atoms in total. The van der Waals surface area contributed by atoms with Crippen molar-refractivity contribution in [2.45, 2.75) is 26.9 Å². The Kier molecular flexibility index (Phi) is 7.47. The normalized spacial score (nSPS) is 12.1. The van der Waals surface area contributed by atoms with Gasteiger partial charge in [-0.2, -0.15) is 0 Å². The molecule has 1 atom stereocenters. The maximum atomic E-state index is 6.08. The van der Waals surface area contributed by atoms with Gasteiger partial charge in [0.1, 0.15) is 17.6 Å². The molecule has 0 aliphatic heterocycles. The van der Waals surface area contributed by atoms with Gasteiger partial charge in [-0.05, 0) is 60.5 Å². The molecular weight excluding hydrogens is 410 g/mol. The molecular formula is C20H26BrN3O3. The Morgan fingerprint density at radius 1 is 1.19 bits per heavy atom. The molecule has 0 aliphatic rings. The molecule has 0 spiro atoms. The lowest BCUT2D eigenvalue weighted by molar-refractivity contribution is 0.214. The van der Waals surface area contributed by atoms with E-state index >= 15 is 0 Å². The van der Waals surface area contributed by atoms with Gasteiger partial charge in [-0.15, -0.1) is 0 Å². The minimum Gasteiger partial charge on any atom is -0.497 e. The fourth-order valence-electron chi connectivity index (χ4n) is 2.30. The van der Waals surface area contributed by atoms with E-state index in [0.29, 0.717) is 17.4 Å². The summed E-state index contributed by atoms with van der Waals surface area (Å²) in [5, 5.41) is 0. The summed E-state index contributed by atoms with van der Waals surface area (Å²) in [5.74, 6) is 1.95. The first-order chi connectivity index (χ1) is 12.9. The Hall–Kier alpha value is -2.28. The Morgan fingerprint density at radius 2 is 1.81 bits per heavy atom. The molecule has 2 aromatic rings. The van der Waals surface area contributed by atoms with Crippen LogP contribution in [0, 0.1) is 6.92 Å². The molecule has 146 valence electrons. The minimum atomic E-state index is -0.238. The minimum absolute atomic E-state index is 0.238. The zero-order chi connectivity index (χ0) is 20.0. The quantitative estimate of drug-likeness (QED) is 0.434. The second-order valence-corrected chi connectivity index (χ2v) is 6.96. The zero-order valence-electron chi connectivity index (χ0n) is 16.6. The number of ether oxygens (including phenoxy) is 3. The van der Waals surface area contributed by atoms with E-state index in [1.807, 2.05) is 50.1 Å². The summed E-state index contributed by atoms with van der Waals surface area (Å²) in [4.78, 5) is 11.0. The maximum absolute atomic E-state index is 6.08. The number of hydrogen-bond acceptors (Lipinski definition) is 5. The molecule has 1 aromatic carbocycles. The summed E-state index contributed by atoms with van der Waals surface area (Å²) in [6.45, 7) is 6.83. The summed E-state index contributed by atoms with van der Waals surface area (Å²) < 4.78 is 17.5. The topological polar surface area (TPSA) is 56.2 Å². The van der Waals surface area contributed by atoms with Gasteiger partial charge in [-0.1, -0.05) is 0 Å². The summed E-state index contributed by atoms with van der Waals surface area (Å²) in [6, 6.07) is 7.59. The van der Waals surface area contributed by atoms with E-state index in [2.05, 4.69) is 32.8 Å². The summed E-state index contributed by atoms with van der Waals surface area (Å²) >= 11 is 3.54. The van der Waals surface area contributed by atoms with Crippen molar-refractivity contribution in [3.05, 3.63) is 40.0 Å². The largest absolute Gasteiger partial charge is 0.497 e. The number of halogens is 1. The Morgan fingerprint density at radius 3 is 2.37 bits per heavy atom. The second-order valence-electron chi connectivity index (χ2n) is 6.10. The van der Waals surface area contributed by atoms with E-state index in [0.717, 1.165) is 28.0 Å². The van der Waals surface area contributed by atoms with Crippen LogP contribution in [0.2, 0.25) is 0 Å². The van der Waals surface area contributed by atoms with Crippen LogP contribution in [0.1, 0.15) is 31.2 Å². The molecule has 0 aliphatic carbocycles. The third-order valence-electron chi connectivity index (χ3n) is 4.13. The lowest BCUT2D eigenvalue weighted by atomic mass is 10.1. The highest BCUT2D eigenvalue weighted by atomic mass is 79.9. The van der Waals surface area contributed by atoms with E-state index < -0.39 is 0 Å². The van der Waals surface area contributed by atoms with Gasteiger partial charge in [0.25, 0.3) is 0 Å². The first kappa shape index (κ1) is 21.0. The van der Waals surface area contributed by atoms with Gasteiger partial charge in [0.15, 0.2) is 0 Å². The van der Waals surface area contributed by atoms with E-state index in [1.54, 1.807) is 20.6 Å². The number of aromatic nitrogens is 1. The molecule has 0 N–H and O–H groups in total. The van der Waals surface area contributed by atoms with Gasteiger partial charge in [0.2, 0.25) is 5.88 Å². The monoisotopic (exact) mass is 435 g/mol. The lowest BCUT2D eigenvalue weighted by Crippen LogP contribution is -2.14. The SMILES string of the molecule is CCN(C)/C=N/c1cc(Br)c(OC(C)c2cc(OC)cc(OC)c2)nc1C. The lowest BCUT2D eigenvalue weighted by Gasteiger charge is -2.18. The molecule has 0 amide bonds. The van der Waals surface area contributed by atoms with E-state index in [9.17, 15) is 0 Å². The average Bonchev–Trinajstić information content (AvgIpc) is 2.68. The van der Waals surface area contributed by atoms with Gasteiger partial charge in [0.05, 0.1) is 36.4 Å². The van der Waals surface area contributed by atoms with Gasteiger partial charge >= 0.3 is 0 Å². The Balaban J connectivity index is 2.24. The third kappa shape index (κ3) is 5.60. The number of benzene rings is 1. The van der Waals surface area contributed by atoms with Crippen molar-refractivity contribution in [1.29, 1.82) is 0 Å². The van der Waals surface area contributed by atoms with Crippen LogP contribution in [0.4, 0.5) is 5.69 Å². The molecule has 0 radical (unpaired) electrons. The Bertz CT molecular complexity index is 789. The van der Waals surface area contributed by atoms with Crippen LogP contribution in [-0.2, 0) is 0 Å². The Labute approximate surface area is 169 Å². The van der Waals surface area contributed by atoms with Crippen LogP contribution >= 0.6 is 15.9 Å². The van der Waals surface area contributed by atoms with Crippen LogP contribution in [0.25, 0.3) is 0 Å². The number of methoxy groups -OCH3 is 2. The van der Waals surface area contributed by atoms with E-state index in [4.69, 9.17) is 14.2 Å². The number of aliphatic imine (C=N–C) groups is 1. The van der Waals surface area contributed by atoms with Crippen molar-refractivity contribution in [3.63, 3.8) is 0 Å². The highest BCUT2D eigenvalue weighted by Gasteiger charge is 2.15. The van der Waals surface area contributed by atoms with Crippen LogP contribution in [0.3, 0.4) is 0 Å². The van der Waals surface area contributed by atoms with Crippen LogP contribution in [-0.4, -0.2) is 44.0 Å². The van der Waals surface area contributed by atoms with Crippen molar-refractivity contribution >= 4 is 28.0 Å². The van der Waals surface area contributed by atoms with Crippen molar-refractivity contribution in [2.24, 2.45) is 4.99 Å². The first-order valence-corrected chi connectivity index (χ1v) is 9.48. The second kappa shape index (κ2) is 9.60. The van der Waals surface area contributed by atoms with Gasteiger partial charge in [-0.3, -0.25) is 0 Å². The predicted molar refractivity (Wildman–Crippen MR) is 112 cm³/mol. The highest BCUT2D eigenvalue weighted by Crippen LogP contribution is 2.34. The number of nitrogens with zero attached hydrogens (tertiary/aromatic N) is 3. The molecule has 27 heavy (non-hydrogen) atoms. The van der Waals surface area contributed by atoms with Gasteiger partial charge < -0.3 is 19.1 Å². The number of pyridine rings is 1. The molecule has 2 rings (SSSR count). The molecule has 1 unspecified atom stereocenters. The summed E-state index contributed by atoms with van der Waals surface area (Å²) in [7, 11) is 5.23. The van der Waals surface area contributed by atoms with Gasteiger partial charge in [0, 0.05) is 19.7 Å². The van der Waals surface area contributed by atoms with Gasteiger partial charge in [-0.25, -0.2) is 9.98 Å². The first-order valence-electron chi connectivity index (χ1n) is 8.69. The zero-order valence-corrected chi connectivity index (χ0v) is 18.2. The maximum Gasteiger partial charge on any atom is 0.228 e. The molecule has 1 heterocycles.